The van der Waals surface area contributed by atoms with Crippen LogP contribution >= 0.6 is 11.6 Å². The Kier molecular flexibility index (Phi) is 3.62. The molecule has 0 radical (unpaired) electrons. The molecule has 1 nitrogen and oxygen atoms in total. The second kappa shape index (κ2) is 4.63. The van der Waals surface area contributed by atoms with E-state index in [4.69, 9.17) is 16.3 Å². The van der Waals surface area contributed by atoms with Gasteiger partial charge in [-0.2, -0.15) is 0 Å². The Balaban J connectivity index is 1.81. The van der Waals surface area contributed by atoms with Gasteiger partial charge in [0.1, 0.15) is 0 Å². The fourth-order valence-electron chi connectivity index (χ4n) is 3.01. The Bertz CT molecular complexity index is 215. The highest BCUT2D eigenvalue weighted by Gasteiger charge is 2.34. The summed E-state index contributed by atoms with van der Waals surface area (Å²) in [7, 11) is 0. The molecule has 3 atom stereocenters. The van der Waals surface area contributed by atoms with Gasteiger partial charge < -0.3 is 4.74 Å². The maximum Gasteiger partial charge on any atom is 0.0631 e. The SMILES string of the molecule is CC1(C)CCC(CC2CCCCC2Cl)O1. The van der Waals surface area contributed by atoms with E-state index in [1.54, 1.807) is 0 Å². The molecule has 0 N–H and O–H groups in total. The predicted octanol–water partition coefficient (Wildman–Crippen LogP) is 4.13. The van der Waals surface area contributed by atoms with Crippen LogP contribution in [0.3, 0.4) is 0 Å². The summed E-state index contributed by atoms with van der Waals surface area (Å²) in [6.45, 7) is 4.40. The van der Waals surface area contributed by atoms with E-state index in [0.717, 1.165) is 0 Å². The second-order valence-electron chi connectivity index (χ2n) is 5.83. The molecule has 0 bridgehead atoms. The molecule has 0 aromatic heterocycles. The van der Waals surface area contributed by atoms with Crippen LogP contribution in [-0.2, 0) is 4.74 Å². The molecule has 88 valence electrons. The molecular weight excluding hydrogens is 208 g/mol. The van der Waals surface area contributed by atoms with Gasteiger partial charge in [-0.1, -0.05) is 12.8 Å². The minimum Gasteiger partial charge on any atom is -0.372 e. The van der Waals surface area contributed by atoms with Gasteiger partial charge in [-0.15, -0.1) is 11.6 Å². The molecule has 2 rings (SSSR count). The molecule has 15 heavy (non-hydrogen) atoms. The zero-order valence-corrected chi connectivity index (χ0v) is 10.7. The van der Waals surface area contributed by atoms with Crippen molar-refractivity contribution < 1.29 is 4.74 Å². The highest BCUT2D eigenvalue weighted by molar-refractivity contribution is 6.20. The molecule has 1 saturated carbocycles. The number of hydrogen-bond acceptors (Lipinski definition) is 1. The van der Waals surface area contributed by atoms with Gasteiger partial charge in [0.15, 0.2) is 0 Å². The molecule has 1 saturated heterocycles. The highest BCUT2D eigenvalue weighted by atomic mass is 35.5. The van der Waals surface area contributed by atoms with Gasteiger partial charge >= 0.3 is 0 Å². The Morgan fingerprint density at radius 3 is 2.53 bits per heavy atom. The van der Waals surface area contributed by atoms with Gasteiger partial charge in [-0.05, 0) is 51.9 Å². The second-order valence-corrected chi connectivity index (χ2v) is 6.40. The van der Waals surface area contributed by atoms with Crippen molar-refractivity contribution in [2.24, 2.45) is 5.92 Å². The number of rotatable bonds is 2. The standard InChI is InChI=1S/C13H23ClO/c1-13(2)8-7-11(15-13)9-10-5-3-4-6-12(10)14/h10-12H,3-9H2,1-2H3. The van der Waals surface area contributed by atoms with E-state index in [-0.39, 0.29) is 5.60 Å². The summed E-state index contributed by atoms with van der Waals surface area (Å²) in [5.74, 6) is 0.708. The van der Waals surface area contributed by atoms with Crippen molar-refractivity contribution in [2.75, 3.05) is 0 Å². The molecule has 1 aliphatic heterocycles. The van der Waals surface area contributed by atoms with Crippen LogP contribution < -0.4 is 0 Å². The predicted molar refractivity (Wildman–Crippen MR) is 64.4 cm³/mol. The van der Waals surface area contributed by atoms with Crippen molar-refractivity contribution in [3.63, 3.8) is 0 Å². The van der Waals surface area contributed by atoms with E-state index in [1.165, 1.54) is 44.9 Å². The molecule has 0 spiro atoms. The quantitative estimate of drug-likeness (QED) is 0.649. The normalized spacial score (nSPS) is 40.6. The topological polar surface area (TPSA) is 9.23 Å². The Labute approximate surface area is 98.5 Å². The first-order valence-electron chi connectivity index (χ1n) is 6.39. The van der Waals surface area contributed by atoms with Gasteiger partial charge in [0, 0.05) is 5.38 Å². The van der Waals surface area contributed by atoms with Crippen molar-refractivity contribution in [3.8, 4) is 0 Å². The Morgan fingerprint density at radius 1 is 1.20 bits per heavy atom. The van der Waals surface area contributed by atoms with Crippen LogP contribution in [0.2, 0.25) is 0 Å². The van der Waals surface area contributed by atoms with Gasteiger partial charge in [-0.3, -0.25) is 0 Å². The third kappa shape index (κ3) is 3.10. The lowest BCUT2D eigenvalue weighted by atomic mass is 9.84. The molecule has 1 aliphatic carbocycles. The van der Waals surface area contributed by atoms with Crippen molar-refractivity contribution in [1.29, 1.82) is 0 Å². The van der Waals surface area contributed by atoms with E-state index in [2.05, 4.69) is 13.8 Å². The first kappa shape index (κ1) is 11.7. The summed E-state index contributed by atoms with van der Waals surface area (Å²) in [5, 5.41) is 0.408. The van der Waals surface area contributed by atoms with E-state index >= 15 is 0 Å². The average Bonchev–Trinajstić information content (AvgIpc) is 2.50. The molecule has 0 amide bonds. The van der Waals surface area contributed by atoms with Crippen LogP contribution in [0, 0.1) is 5.92 Å². The minimum atomic E-state index is 0.112. The maximum atomic E-state index is 6.38. The first-order valence-corrected chi connectivity index (χ1v) is 6.82. The third-order valence-electron chi connectivity index (χ3n) is 3.94. The third-order valence-corrected chi connectivity index (χ3v) is 4.51. The molecule has 3 unspecified atom stereocenters. The molecule has 2 heteroatoms. The zero-order chi connectivity index (χ0) is 10.9. The molecule has 0 aromatic rings. The van der Waals surface area contributed by atoms with Gasteiger partial charge in [-0.25, -0.2) is 0 Å². The summed E-state index contributed by atoms with van der Waals surface area (Å²) < 4.78 is 6.04. The molecule has 0 aromatic carbocycles. The largest absolute Gasteiger partial charge is 0.372 e. The van der Waals surface area contributed by atoms with Gasteiger partial charge in [0.05, 0.1) is 11.7 Å². The fourth-order valence-corrected chi connectivity index (χ4v) is 3.39. The molecule has 1 heterocycles. The lowest BCUT2D eigenvalue weighted by Gasteiger charge is -2.29. The zero-order valence-electron chi connectivity index (χ0n) is 9.97. The number of halogens is 1. The van der Waals surface area contributed by atoms with Crippen molar-refractivity contribution >= 4 is 11.6 Å². The van der Waals surface area contributed by atoms with E-state index in [1.807, 2.05) is 0 Å². The Hall–Kier alpha value is 0.250. The lowest BCUT2D eigenvalue weighted by molar-refractivity contribution is -0.0262. The van der Waals surface area contributed by atoms with Gasteiger partial charge in [0.2, 0.25) is 0 Å². The fraction of sp³-hybridized carbons (Fsp3) is 1.00. The number of alkyl halides is 1. The Morgan fingerprint density at radius 2 is 1.93 bits per heavy atom. The van der Waals surface area contributed by atoms with Crippen molar-refractivity contribution in [3.05, 3.63) is 0 Å². The highest BCUT2D eigenvalue weighted by Crippen LogP contribution is 2.37. The average molecular weight is 231 g/mol. The summed E-state index contributed by atoms with van der Waals surface area (Å²) in [4.78, 5) is 0. The van der Waals surface area contributed by atoms with Crippen LogP contribution in [-0.4, -0.2) is 17.1 Å². The lowest BCUT2D eigenvalue weighted by Crippen LogP contribution is -2.26. The van der Waals surface area contributed by atoms with Crippen molar-refractivity contribution in [2.45, 2.75) is 75.9 Å². The monoisotopic (exact) mass is 230 g/mol. The summed E-state index contributed by atoms with van der Waals surface area (Å²) in [6, 6.07) is 0. The van der Waals surface area contributed by atoms with Crippen LogP contribution in [0.25, 0.3) is 0 Å². The molecular formula is C13H23ClO. The van der Waals surface area contributed by atoms with E-state index in [9.17, 15) is 0 Å². The van der Waals surface area contributed by atoms with Crippen LogP contribution in [0.5, 0.6) is 0 Å². The van der Waals surface area contributed by atoms with Gasteiger partial charge in [0.25, 0.3) is 0 Å². The smallest absolute Gasteiger partial charge is 0.0631 e. The first-order chi connectivity index (χ1) is 7.07. The van der Waals surface area contributed by atoms with Crippen molar-refractivity contribution in [1.82, 2.24) is 0 Å². The van der Waals surface area contributed by atoms with E-state index < -0.39 is 0 Å². The van der Waals surface area contributed by atoms with E-state index in [0.29, 0.717) is 17.4 Å². The molecule has 2 fully saturated rings. The maximum absolute atomic E-state index is 6.38. The summed E-state index contributed by atoms with van der Waals surface area (Å²) in [5.41, 5.74) is 0.112. The van der Waals surface area contributed by atoms with Crippen LogP contribution in [0.1, 0.15) is 58.8 Å². The molecule has 2 aliphatic rings. The minimum absolute atomic E-state index is 0.112. The summed E-state index contributed by atoms with van der Waals surface area (Å²) in [6.07, 6.45) is 9.31. The van der Waals surface area contributed by atoms with Crippen LogP contribution in [0.4, 0.5) is 0 Å². The number of hydrogen-bond donors (Lipinski definition) is 0. The summed E-state index contributed by atoms with van der Waals surface area (Å²) >= 11 is 6.38. The number of ether oxygens (including phenoxy) is 1. The van der Waals surface area contributed by atoms with Crippen LogP contribution in [0.15, 0.2) is 0 Å².